The molecule has 1 saturated heterocycles. The molecule has 0 aromatic heterocycles. The first-order chi connectivity index (χ1) is 9.50. The monoisotopic (exact) mass is 272 g/mol. The molecule has 2 amide bonds. The molecule has 4 heteroatoms. The van der Waals surface area contributed by atoms with E-state index in [9.17, 15) is 9.59 Å². The molecular formula is C16H20N2O2. The van der Waals surface area contributed by atoms with Gasteiger partial charge in [0.15, 0.2) is 0 Å². The van der Waals surface area contributed by atoms with Gasteiger partial charge in [0.1, 0.15) is 0 Å². The Morgan fingerprint density at radius 1 is 1.00 bits per heavy atom. The third-order valence-electron chi connectivity index (χ3n) is 4.67. The average Bonchev–Trinajstić information content (AvgIpc) is 2.68. The van der Waals surface area contributed by atoms with Crippen LogP contribution in [-0.4, -0.2) is 11.8 Å². The Labute approximate surface area is 118 Å². The molecule has 1 aromatic carbocycles. The summed E-state index contributed by atoms with van der Waals surface area (Å²) in [7, 11) is 0. The van der Waals surface area contributed by atoms with E-state index in [0.29, 0.717) is 11.4 Å². The second-order valence-electron chi connectivity index (χ2n) is 6.00. The van der Waals surface area contributed by atoms with Gasteiger partial charge in [-0.1, -0.05) is 12.8 Å². The zero-order valence-corrected chi connectivity index (χ0v) is 12.0. The van der Waals surface area contributed by atoms with Crippen LogP contribution >= 0.6 is 0 Å². The Morgan fingerprint density at radius 3 is 2.10 bits per heavy atom. The summed E-state index contributed by atoms with van der Waals surface area (Å²) in [5, 5.41) is 0. The van der Waals surface area contributed by atoms with Gasteiger partial charge in [-0.05, 0) is 49.9 Å². The molecule has 4 nitrogen and oxygen atoms in total. The number of rotatable bonds is 1. The first-order valence-electron chi connectivity index (χ1n) is 7.25. The predicted octanol–water partition coefficient (Wildman–Crippen LogP) is 2.57. The first-order valence-corrected chi connectivity index (χ1v) is 7.25. The second kappa shape index (κ2) is 4.62. The number of aryl methyl sites for hydroxylation is 2. The number of fused-ring (bicyclic) bond motifs is 1. The highest BCUT2D eigenvalue weighted by atomic mass is 16.2. The number of nitrogens with two attached hydrogens (primary N) is 1. The topological polar surface area (TPSA) is 63.4 Å². The zero-order chi connectivity index (χ0) is 14.4. The second-order valence-corrected chi connectivity index (χ2v) is 6.00. The molecule has 2 unspecified atom stereocenters. The first kappa shape index (κ1) is 13.2. The summed E-state index contributed by atoms with van der Waals surface area (Å²) in [6, 6.07) is 3.70. The molecule has 106 valence electrons. The van der Waals surface area contributed by atoms with Gasteiger partial charge in [0.25, 0.3) is 0 Å². The molecule has 1 aliphatic heterocycles. The van der Waals surface area contributed by atoms with Gasteiger partial charge < -0.3 is 5.73 Å². The van der Waals surface area contributed by atoms with Gasteiger partial charge in [0.2, 0.25) is 11.8 Å². The van der Waals surface area contributed by atoms with E-state index in [-0.39, 0.29) is 23.7 Å². The molecule has 2 atom stereocenters. The van der Waals surface area contributed by atoms with Crippen LogP contribution in [0.2, 0.25) is 0 Å². The number of hydrogen-bond donors (Lipinski definition) is 1. The van der Waals surface area contributed by atoms with E-state index in [1.807, 2.05) is 26.0 Å². The minimum Gasteiger partial charge on any atom is -0.399 e. The van der Waals surface area contributed by atoms with Crippen molar-refractivity contribution in [2.24, 2.45) is 11.8 Å². The fourth-order valence-electron chi connectivity index (χ4n) is 3.46. The SMILES string of the molecule is Cc1cc(N2C(=O)C3CCCCC3C2=O)c(C)cc1N. The van der Waals surface area contributed by atoms with Crippen LogP contribution in [0.5, 0.6) is 0 Å². The van der Waals surface area contributed by atoms with Crippen molar-refractivity contribution in [1.82, 2.24) is 0 Å². The number of imide groups is 1. The van der Waals surface area contributed by atoms with Crippen LogP contribution < -0.4 is 10.6 Å². The Bertz CT molecular complexity index is 570. The molecule has 0 bridgehead atoms. The van der Waals surface area contributed by atoms with E-state index >= 15 is 0 Å². The molecule has 20 heavy (non-hydrogen) atoms. The van der Waals surface area contributed by atoms with E-state index < -0.39 is 0 Å². The van der Waals surface area contributed by atoms with Gasteiger partial charge in [-0.2, -0.15) is 0 Å². The normalized spacial score (nSPS) is 26.0. The number of amides is 2. The third-order valence-corrected chi connectivity index (χ3v) is 4.67. The summed E-state index contributed by atoms with van der Waals surface area (Å²) in [4.78, 5) is 26.6. The number of nitrogens with zero attached hydrogens (tertiary/aromatic N) is 1. The van der Waals surface area contributed by atoms with Crippen LogP contribution in [-0.2, 0) is 9.59 Å². The molecule has 1 aliphatic carbocycles. The molecule has 1 aromatic rings. The average molecular weight is 272 g/mol. The molecule has 1 heterocycles. The highest BCUT2D eigenvalue weighted by molar-refractivity contribution is 6.22. The van der Waals surface area contributed by atoms with Crippen LogP contribution in [0.15, 0.2) is 12.1 Å². The Hall–Kier alpha value is -1.84. The van der Waals surface area contributed by atoms with Crippen molar-refractivity contribution in [2.45, 2.75) is 39.5 Å². The summed E-state index contributed by atoms with van der Waals surface area (Å²) < 4.78 is 0. The van der Waals surface area contributed by atoms with Crippen LogP contribution in [0.1, 0.15) is 36.8 Å². The highest BCUT2D eigenvalue weighted by Crippen LogP contribution is 2.41. The lowest BCUT2D eigenvalue weighted by Gasteiger charge is -2.19. The molecule has 3 rings (SSSR count). The molecule has 1 saturated carbocycles. The van der Waals surface area contributed by atoms with Gasteiger partial charge in [-0.3, -0.25) is 9.59 Å². The number of carbonyl (C=O) groups excluding carboxylic acids is 2. The fourth-order valence-corrected chi connectivity index (χ4v) is 3.46. The summed E-state index contributed by atoms with van der Waals surface area (Å²) in [6.45, 7) is 3.80. The van der Waals surface area contributed by atoms with Gasteiger partial charge >= 0.3 is 0 Å². The number of nitrogen functional groups attached to an aromatic ring is 1. The van der Waals surface area contributed by atoms with Crippen molar-refractivity contribution in [3.63, 3.8) is 0 Å². The van der Waals surface area contributed by atoms with Crippen LogP contribution in [0.3, 0.4) is 0 Å². The Balaban J connectivity index is 2.04. The van der Waals surface area contributed by atoms with Gasteiger partial charge in [-0.25, -0.2) is 4.90 Å². The van der Waals surface area contributed by atoms with Crippen molar-refractivity contribution >= 4 is 23.2 Å². The fraction of sp³-hybridized carbons (Fsp3) is 0.500. The van der Waals surface area contributed by atoms with Crippen molar-refractivity contribution in [3.05, 3.63) is 23.3 Å². The lowest BCUT2D eigenvalue weighted by Crippen LogP contribution is -2.31. The minimum absolute atomic E-state index is 0.0213. The quantitative estimate of drug-likeness (QED) is 0.631. The predicted molar refractivity (Wildman–Crippen MR) is 78.3 cm³/mol. The molecule has 2 N–H and O–H groups in total. The number of benzene rings is 1. The van der Waals surface area contributed by atoms with Crippen molar-refractivity contribution in [1.29, 1.82) is 0 Å². The summed E-state index contributed by atoms with van der Waals surface area (Å²) in [5.74, 6) is -0.249. The maximum Gasteiger partial charge on any atom is 0.237 e. The van der Waals surface area contributed by atoms with E-state index in [0.717, 1.165) is 36.8 Å². The molecule has 2 fully saturated rings. The summed E-state index contributed by atoms with van der Waals surface area (Å²) in [5.41, 5.74) is 9.08. The van der Waals surface area contributed by atoms with Gasteiger partial charge in [0.05, 0.1) is 17.5 Å². The van der Waals surface area contributed by atoms with E-state index in [1.165, 1.54) is 4.90 Å². The largest absolute Gasteiger partial charge is 0.399 e. The Morgan fingerprint density at radius 2 is 1.55 bits per heavy atom. The van der Waals surface area contributed by atoms with E-state index in [4.69, 9.17) is 5.73 Å². The van der Waals surface area contributed by atoms with Crippen LogP contribution in [0, 0.1) is 25.7 Å². The van der Waals surface area contributed by atoms with Gasteiger partial charge in [-0.15, -0.1) is 0 Å². The number of carbonyl (C=O) groups is 2. The standard InChI is InChI=1S/C16H20N2O2/c1-9-8-14(10(2)7-13(9)17)18-15(19)11-5-3-4-6-12(11)16(18)20/h7-8,11-12H,3-6,17H2,1-2H3. The van der Waals surface area contributed by atoms with Gasteiger partial charge in [0, 0.05) is 5.69 Å². The number of anilines is 2. The minimum atomic E-state index is -0.103. The molecule has 2 aliphatic rings. The lowest BCUT2D eigenvalue weighted by molar-refractivity contribution is -0.122. The lowest BCUT2D eigenvalue weighted by atomic mass is 9.81. The van der Waals surface area contributed by atoms with Crippen LogP contribution in [0.4, 0.5) is 11.4 Å². The molecule has 0 spiro atoms. The van der Waals surface area contributed by atoms with Crippen molar-refractivity contribution in [3.8, 4) is 0 Å². The van der Waals surface area contributed by atoms with Crippen molar-refractivity contribution in [2.75, 3.05) is 10.6 Å². The molecular weight excluding hydrogens is 252 g/mol. The smallest absolute Gasteiger partial charge is 0.237 e. The molecule has 0 radical (unpaired) electrons. The Kier molecular flexibility index (Phi) is 3.04. The van der Waals surface area contributed by atoms with E-state index in [1.54, 1.807) is 0 Å². The van der Waals surface area contributed by atoms with Crippen molar-refractivity contribution < 1.29 is 9.59 Å². The maximum atomic E-state index is 12.6. The highest BCUT2D eigenvalue weighted by Gasteiger charge is 2.49. The maximum absolute atomic E-state index is 12.6. The summed E-state index contributed by atoms with van der Waals surface area (Å²) in [6.07, 6.45) is 3.79. The third kappa shape index (κ3) is 1.82. The van der Waals surface area contributed by atoms with Crippen LogP contribution in [0.25, 0.3) is 0 Å². The van der Waals surface area contributed by atoms with E-state index in [2.05, 4.69) is 0 Å². The summed E-state index contributed by atoms with van der Waals surface area (Å²) >= 11 is 0. The number of hydrogen-bond acceptors (Lipinski definition) is 3. The zero-order valence-electron chi connectivity index (χ0n) is 12.0.